The van der Waals surface area contributed by atoms with Gasteiger partial charge in [0.2, 0.25) is 0 Å². The monoisotopic (exact) mass is 337 g/mol. The fourth-order valence-corrected chi connectivity index (χ4v) is 2.53. The summed E-state index contributed by atoms with van der Waals surface area (Å²) in [4.78, 5) is 4.61. The minimum atomic E-state index is -0.0533. The van der Waals surface area contributed by atoms with Gasteiger partial charge in [0.25, 0.3) is 0 Å². The number of benzene rings is 2. The van der Waals surface area contributed by atoms with Crippen molar-refractivity contribution in [1.82, 2.24) is 4.98 Å². The predicted molar refractivity (Wildman–Crippen MR) is 98.8 cm³/mol. The van der Waals surface area contributed by atoms with Crippen molar-refractivity contribution in [3.63, 3.8) is 0 Å². The molecule has 0 saturated carbocycles. The topological polar surface area (TPSA) is 51.6 Å². The number of aliphatic hydroxyl groups is 1. The lowest BCUT2D eigenvalue weighted by atomic mass is 10.2. The van der Waals surface area contributed by atoms with Gasteiger partial charge in [0.05, 0.1) is 23.9 Å². The molecular formula is C21H23NO3. The quantitative estimate of drug-likeness (QED) is 0.690. The third-order valence-electron chi connectivity index (χ3n) is 4.08. The Morgan fingerprint density at radius 3 is 2.64 bits per heavy atom. The van der Waals surface area contributed by atoms with E-state index in [9.17, 15) is 5.11 Å². The molecule has 1 atom stereocenters. The van der Waals surface area contributed by atoms with Crippen LogP contribution in [0.1, 0.15) is 31.5 Å². The normalized spacial score (nSPS) is 12.1. The van der Waals surface area contributed by atoms with Gasteiger partial charge in [-0.15, -0.1) is 0 Å². The zero-order valence-corrected chi connectivity index (χ0v) is 14.6. The van der Waals surface area contributed by atoms with Crippen molar-refractivity contribution in [3.8, 4) is 11.5 Å². The van der Waals surface area contributed by atoms with Crippen LogP contribution in [0.2, 0.25) is 0 Å². The Labute approximate surface area is 148 Å². The van der Waals surface area contributed by atoms with Crippen LogP contribution >= 0.6 is 0 Å². The average molecular weight is 337 g/mol. The molecule has 0 spiro atoms. The van der Waals surface area contributed by atoms with Crippen LogP contribution < -0.4 is 9.47 Å². The highest BCUT2D eigenvalue weighted by Crippen LogP contribution is 2.25. The standard InChI is InChI=1S/C21H23NO3/c1-3-15(2)25-20-11-16(13-23)10-19(12-20)24-14-18-9-8-17-6-4-5-7-21(17)22-18/h4-12,15,23H,3,13-14H2,1-2H3. The molecule has 2 aromatic carbocycles. The van der Waals surface area contributed by atoms with Crippen LogP contribution in [0.15, 0.2) is 54.6 Å². The molecule has 0 aliphatic rings. The zero-order chi connectivity index (χ0) is 17.6. The van der Waals surface area contributed by atoms with E-state index in [0.29, 0.717) is 18.1 Å². The molecule has 0 bridgehead atoms. The van der Waals surface area contributed by atoms with E-state index in [1.807, 2.05) is 61.5 Å². The van der Waals surface area contributed by atoms with Gasteiger partial charge < -0.3 is 14.6 Å². The molecule has 0 fully saturated rings. The van der Waals surface area contributed by atoms with Crippen LogP contribution in [0.3, 0.4) is 0 Å². The molecule has 130 valence electrons. The highest BCUT2D eigenvalue weighted by Gasteiger charge is 2.07. The van der Waals surface area contributed by atoms with E-state index in [1.54, 1.807) is 0 Å². The van der Waals surface area contributed by atoms with Crippen molar-refractivity contribution in [2.75, 3.05) is 0 Å². The third kappa shape index (κ3) is 4.48. The summed E-state index contributed by atoms with van der Waals surface area (Å²) in [6.07, 6.45) is 1.03. The van der Waals surface area contributed by atoms with Crippen molar-refractivity contribution in [2.45, 2.75) is 39.6 Å². The number of pyridine rings is 1. The predicted octanol–water partition coefficient (Wildman–Crippen LogP) is 4.48. The van der Waals surface area contributed by atoms with E-state index in [0.717, 1.165) is 28.6 Å². The maximum absolute atomic E-state index is 9.46. The summed E-state index contributed by atoms with van der Waals surface area (Å²) in [6.45, 7) is 4.40. The molecule has 0 radical (unpaired) electrons. The molecule has 0 aliphatic carbocycles. The van der Waals surface area contributed by atoms with Crippen molar-refractivity contribution in [3.05, 3.63) is 65.9 Å². The first-order chi connectivity index (χ1) is 12.2. The Morgan fingerprint density at radius 2 is 1.84 bits per heavy atom. The highest BCUT2D eigenvalue weighted by atomic mass is 16.5. The summed E-state index contributed by atoms with van der Waals surface area (Å²) in [6, 6.07) is 17.5. The first-order valence-electron chi connectivity index (χ1n) is 8.57. The van der Waals surface area contributed by atoms with Crippen LogP contribution in [0.25, 0.3) is 10.9 Å². The second kappa shape index (κ2) is 7.99. The summed E-state index contributed by atoms with van der Waals surface area (Å²) in [5.74, 6) is 1.38. The Kier molecular flexibility index (Phi) is 5.51. The van der Waals surface area contributed by atoms with Gasteiger partial charge in [-0.25, -0.2) is 4.98 Å². The Morgan fingerprint density at radius 1 is 1.04 bits per heavy atom. The van der Waals surface area contributed by atoms with Crippen molar-refractivity contribution in [2.24, 2.45) is 0 Å². The summed E-state index contributed by atoms with van der Waals surface area (Å²) in [5, 5.41) is 10.6. The number of para-hydroxylation sites is 1. The second-order valence-electron chi connectivity index (χ2n) is 6.09. The largest absolute Gasteiger partial charge is 0.491 e. The first kappa shape index (κ1) is 17.2. The van der Waals surface area contributed by atoms with Gasteiger partial charge >= 0.3 is 0 Å². The van der Waals surface area contributed by atoms with Gasteiger partial charge in [-0.3, -0.25) is 0 Å². The molecule has 1 heterocycles. The van der Waals surface area contributed by atoms with Gasteiger partial charge in [0.1, 0.15) is 18.1 Å². The minimum Gasteiger partial charge on any atom is -0.491 e. The molecular weight excluding hydrogens is 314 g/mol. The van der Waals surface area contributed by atoms with E-state index in [-0.39, 0.29) is 12.7 Å². The van der Waals surface area contributed by atoms with Crippen LogP contribution in [-0.2, 0) is 13.2 Å². The number of nitrogens with zero attached hydrogens (tertiary/aromatic N) is 1. The number of hydrogen-bond acceptors (Lipinski definition) is 4. The van der Waals surface area contributed by atoms with Gasteiger partial charge in [-0.2, -0.15) is 0 Å². The minimum absolute atomic E-state index is 0.0533. The number of fused-ring (bicyclic) bond motifs is 1. The number of rotatable bonds is 7. The van der Waals surface area contributed by atoms with Gasteiger partial charge in [-0.1, -0.05) is 31.2 Å². The van der Waals surface area contributed by atoms with E-state index in [1.165, 1.54) is 0 Å². The molecule has 4 nitrogen and oxygen atoms in total. The zero-order valence-electron chi connectivity index (χ0n) is 14.6. The molecule has 3 aromatic rings. The maximum atomic E-state index is 9.46. The summed E-state index contributed by atoms with van der Waals surface area (Å²) >= 11 is 0. The number of hydrogen-bond donors (Lipinski definition) is 1. The SMILES string of the molecule is CCC(C)Oc1cc(CO)cc(OCc2ccc3ccccc3n2)c1. The Bertz CT molecular complexity index is 847. The lowest BCUT2D eigenvalue weighted by Crippen LogP contribution is -2.10. The summed E-state index contributed by atoms with van der Waals surface area (Å²) < 4.78 is 11.7. The second-order valence-corrected chi connectivity index (χ2v) is 6.09. The van der Waals surface area contributed by atoms with Crippen LogP contribution in [0.4, 0.5) is 0 Å². The van der Waals surface area contributed by atoms with E-state index >= 15 is 0 Å². The van der Waals surface area contributed by atoms with Crippen LogP contribution in [0, 0.1) is 0 Å². The molecule has 1 N–H and O–H groups in total. The molecule has 1 unspecified atom stereocenters. The molecule has 0 saturated heterocycles. The first-order valence-corrected chi connectivity index (χ1v) is 8.57. The summed E-state index contributed by atoms with van der Waals surface area (Å²) in [7, 11) is 0. The van der Waals surface area contributed by atoms with Crippen molar-refractivity contribution < 1.29 is 14.6 Å². The fourth-order valence-electron chi connectivity index (χ4n) is 2.53. The smallest absolute Gasteiger partial charge is 0.130 e. The highest BCUT2D eigenvalue weighted by molar-refractivity contribution is 5.78. The van der Waals surface area contributed by atoms with Crippen molar-refractivity contribution >= 4 is 10.9 Å². The van der Waals surface area contributed by atoms with Crippen molar-refractivity contribution in [1.29, 1.82) is 0 Å². The summed E-state index contributed by atoms with van der Waals surface area (Å²) in [5.41, 5.74) is 2.58. The lowest BCUT2D eigenvalue weighted by Gasteiger charge is -2.15. The van der Waals surface area contributed by atoms with Gasteiger partial charge in [0.15, 0.2) is 0 Å². The van der Waals surface area contributed by atoms with Gasteiger partial charge in [0, 0.05) is 11.5 Å². The molecule has 0 aliphatic heterocycles. The van der Waals surface area contributed by atoms with E-state index in [4.69, 9.17) is 9.47 Å². The number of aliphatic hydroxyl groups excluding tert-OH is 1. The lowest BCUT2D eigenvalue weighted by molar-refractivity contribution is 0.214. The van der Waals surface area contributed by atoms with Crippen LogP contribution in [0.5, 0.6) is 11.5 Å². The number of aromatic nitrogens is 1. The fraction of sp³-hybridized carbons (Fsp3) is 0.286. The number of ether oxygens (including phenoxy) is 2. The van der Waals surface area contributed by atoms with E-state index in [2.05, 4.69) is 11.9 Å². The van der Waals surface area contributed by atoms with Gasteiger partial charge in [-0.05, 0) is 43.2 Å². The third-order valence-corrected chi connectivity index (χ3v) is 4.08. The van der Waals surface area contributed by atoms with Crippen LogP contribution in [-0.4, -0.2) is 16.2 Å². The molecule has 3 rings (SSSR count). The molecule has 1 aromatic heterocycles. The molecule has 0 amide bonds. The Hall–Kier alpha value is -2.59. The average Bonchev–Trinajstić information content (AvgIpc) is 2.65. The van der Waals surface area contributed by atoms with E-state index < -0.39 is 0 Å². The molecule has 25 heavy (non-hydrogen) atoms. The maximum Gasteiger partial charge on any atom is 0.130 e. The molecule has 4 heteroatoms. The Balaban J connectivity index is 1.75.